The van der Waals surface area contributed by atoms with Crippen molar-refractivity contribution >= 4 is 17.3 Å². The predicted molar refractivity (Wildman–Crippen MR) is 124 cm³/mol. The second-order valence-corrected chi connectivity index (χ2v) is 9.03. The number of hydrogen-bond donors (Lipinski definition) is 5. The first-order chi connectivity index (χ1) is 17.2. The van der Waals surface area contributed by atoms with Gasteiger partial charge in [0.15, 0.2) is 17.9 Å². The van der Waals surface area contributed by atoms with Crippen LogP contribution in [-0.2, 0) is 22.4 Å². The van der Waals surface area contributed by atoms with Crippen molar-refractivity contribution in [3.05, 3.63) is 51.6 Å². The standard InChI is InChI=1S/C21H18O7.C5H10O3/c1-28-14-4-2-3-11-15(14)21(27)17-16(19(11)25)20(26)12-7-9(13(23)8-22)5-6-10(12)18(17)24;6-4-1-2-5(7)8-3-4/h2-4,9,22,24,26H,5-8H2,1H3;4-7H,1-3H2. The number of ketones is 3. The van der Waals surface area contributed by atoms with Crippen LogP contribution in [0, 0.1) is 5.92 Å². The van der Waals surface area contributed by atoms with E-state index in [9.17, 15) is 24.6 Å². The Balaban J connectivity index is 0.000000325. The summed E-state index contributed by atoms with van der Waals surface area (Å²) in [7, 11) is 1.38. The second kappa shape index (κ2) is 10.4. The molecule has 2 aromatic rings. The number of carbonyl (C=O) groups is 3. The van der Waals surface area contributed by atoms with E-state index >= 15 is 0 Å². The van der Waals surface area contributed by atoms with Crippen LogP contribution in [0.2, 0.25) is 0 Å². The molecule has 0 spiro atoms. The van der Waals surface area contributed by atoms with Crippen LogP contribution in [0.1, 0.15) is 62.2 Å². The normalized spacial score (nSPS) is 22.5. The van der Waals surface area contributed by atoms with E-state index in [2.05, 4.69) is 0 Å². The molecule has 1 aliphatic heterocycles. The van der Waals surface area contributed by atoms with Gasteiger partial charge in [-0.1, -0.05) is 12.1 Å². The number of ether oxygens (including phenoxy) is 2. The average molecular weight is 501 g/mol. The van der Waals surface area contributed by atoms with Crippen LogP contribution in [-0.4, -0.2) is 75.6 Å². The van der Waals surface area contributed by atoms with E-state index in [1.807, 2.05) is 0 Å². The maximum absolute atomic E-state index is 13.1. The number of carbonyl (C=O) groups excluding carboxylic acids is 3. The summed E-state index contributed by atoms with van der Waals surface area (Å²) >= 11 is 0. The molecule has 36 heavy (non-hydrogen) atoms. The number of rotatable bonds is 3. The molecule has 2 aliphatic carbocycles. The van der Waals surface area contributed by atoms with Crippen LogP contribution in [0.4, 0.5) is 0 Å². The highest BCUT2D eigenvalue weighted by atomic mass is 16.6. The number of methoxy groups -OCH3 is 1. The Morgan fingerprint density at radius 3 is 2.31 bits per heavy atom. The summed E-state index contributed by atoms with van der Waals surface area (Å²) in [6, 6.07) is 4.59. The Morgan fingerprint density at radius 2 is 1.69 bits per heavy atom. The summed E-state index contributed by atoms with van der Waals surface area (Å²) in [4.78, 5) is 38.1. The van der Waals surface area contributed by atoms with E-state index in [1.165, 1.54) is 13.2 Å². The summed E-state index contributed by atoms with van der Waals surface area (Å²) in [5, 5.41) is 48.2. The van der Waals surface area contributed by atoms with E-state index in [0.29, 0.717) is 24.8 Å². The molecule has 2 aromatic carbocycles. The van der Waals surface area contributed by atoms with Crippen molar-refractivity contribution in [2.45, 2.75) is 44.5 Å². The molecule has 3 aliphatic rings. The van der Waals surface area contributed by atoms with Crippen molar-refractivity contribution in [1.82, 2.24) is 0 Å². The van der Waals surface area contributed by atoms with Gasteiger partial charge in [-0.05, 0) is 31.7 Å². The minimum absolute atomic E-state index is 0.0568. The quantitative estimate of drug-likeness (QED) is 0.327. The number of hydrogen-bond acceptors (Lipinski definition) is 10. The van der Waals surface area contributed by atoms with Crippen LogP contribution in [0.25, 0.3) is 0 Å². The Labute approximate surface area is 206 Å². The molecule has 192 valence electrons. The molecule has 3 unspecified atom stereocenters. The molecule has 0 aromatic heterocycles. The number of Topliss-reactive ketones (excluding diaryl/α,β-unsaturated/α-hetero) is 1. The largest absolute Gasteiger partial charge is 0.507 e. The van der Waals surface area contributed by atoms with Crippen LogP contribution in [0.3, 0.4) is 0 Å². The highest BCUT2D eigenvalue weighted by Crippen LogP contribution is 2.47. The van der Waals surface area contributed by atoms with Gasteiger partial charge in [0, 0.05) is 29.0 Å². The third-order valence-corrected chi connectivity index (χ3v) is 6.86. The van der Waals surface area contributed by atoms with Crippen LogP contribution in [0.5, 0.6) is 17.2 Å². The Bertz CT molecular complexity index is 1200. The topological polar surface area (TPSA) is 171 Å². The van der Waals surface area contributed by atoms with Gasteiger partial charge in [0.25, 0.3) is 0 Å². The van der Waals surface area contributed by atoms with Crippen molar-refractivity contribution in [2.24, 2.45) is 5.92 Å². The molecule has 1 fully saturated rings. The number of phenols is 2. The summed E-state index contributed by atoms with van der Waals surface area (Å²) in [6.45, 7) is -0.330. The molecule has 3 atom stereocenters. The molecule has 1 heterocycles. The van der Waals surface area contributed by atoms with Gasteiger partial charge in [0.05, 0.1) is 36.5 Å². The molecule has 0 radical (unpaired) electrons. The van der Waals surface area contributed by atoms with Gasteiger partial charge < -0.3 is 35.0 Å². The van der Waals surface area contributed by atoms with Crippen molar-refractivity contribution in [1.29, 1.82) is 0 Å². The van der Waals surface area contributed by atoms with Gasteiger partial charge in [0.1, 0.15) is 23.9 Å². The van der Waals surface area contributed by atoms with Gasteiger partial charge in [-0.15, -0.1) is 0 Å². The van der Waals surface area contributed by atoms with Crippen LogP contribution in [0.15, 0.2) is 18.2 Å². The fourth-order valence-corrected chi connectivity index (χ4v) is 4.93. The zero-order valence-electron chi connectivity index (χ0n) is 19.7. The fraction of sp³-hybridized carbons (Fsp3) is 0.423. The fourth-order valence-electron chi connectivity index (χ4n) is 4.93. The highest BCUT2D eigenvalue weighted by Gasteiger charge is 2.40. The first-order valence-corrected chi connectivity index (χ1v) is 11.7. The lowest BCUT2D eigenvalue weighted by Gasteiger charge is -2.29. The van der Waals surface area contributed by atoms with Crippen LogP contribution >= 0.6 is 0 Å². The van der Waals surface area contributed by atoms with Gasteiger partial charge >= 0.3 is 0 Å². The zero-order chi connectivity index (χ0) is 26.1. The van der Waals surface area contributed by atoms with E-state index in [-0.39, 0.29) is 76.4 Å². The molecule has 10 nitrogen and oxygen atoms in total. The van der Waals surface area contributed by atoms with Crippen molar-refractivity contribution in [3.8, 4) is 17.2 Å². The maximum Gasteiger partial charge on any atom is 0.202 e. The summed E-state index contributed by atoms with van der Waals surface area (Å²) in [5.41, 5.74) is 0.301. The number of benzene rings is 2. The third-order valence-electron chi connectivity index (χ3n) is 6.86. The Hall–Kier alpha value is -3.31. The maximum atomic E-state index is 13.1. The lowest BCUT2D eigenvalue weighted by atomic mass is 9.75. The second-order valence-electron chi connectivity index (χ2n) is 9.03. The van der Waals surface area contributed by atoms with Gasteiger partial charge in [-0.3, -0.25) is 14.4 Å². The number of phenolic OH excluding ortho intramolecular Hbond substituents is 2. The zero-order valence-corrected chi connectivity index (χ0v) is 19.7. The molecule has 0 amide bonds. The first-order valence-electron chi connectivity index (χ1n) is 11.7. The van der Waals surface area contributed by atoms with Gasteiger partial charge in [0.2, 0.25) is 5.78 Å². The van der Waals surface area contributed by atoms with E-state index in [1.54, 1.807) is 12.1 Å². The Morgan fingerprint density at radius 1 is 1.00 bits per heavy atom. The molecule has 5 N–H and O–H groups in total. The smallest absolute Gasteiger partial charge is 0.202 e. The van der Waals surface area contributed by atoms with Crippen molar-refractivity contribution < 1.29 is 49.4 Å². The predicted octanol–water partition coefficient (Wildman–Crippen LogP) is 1.02. The minimum Gasteiger partial charge on any atom is -0.507 e. The summed E-state index contributed by atoms with van der Waals surface area (Å²) in [5.74, 6) is -2.56. The molecule has 0 bridgehead atoms. The molecule has 5 rings (SSSR count). The SMILES string of the molecule is COc1cccc2c1C(=O)c1c(O)c3c(c(O)c1C2=O)CC(C(=O)CO)CC3.OC1CCC(O)OC1. The first kappa shape index (κ1) is 25.8. The van der Waals surface area contributed by atoms with E-state index < -0.39 is 30.4 Å². The average Bonchev–Trinajstić information content (AvgIpc) is 2.90. The lowest BCUT2D eigenvalue weighted by molar-refractivity contribution is -0.155. The monoisotopic (exact) mass is 500 g/mol. The molecule has 0 saturated carbocycles. The minimum atomic E-state index is -0.640. The van der Waals surface area contributed by atoms with E-state index in [4.69, 9.17) is 24.8 Å². The molecular weight excluding hydrogens is 472 g/mol. The third kappa shape index (κ3) is 4.48. The van der Waals surface area contributed by atoms with E-state index in [0.717, 1.165) is 0 Å². The number of fused-ring (bicyclic) bond motifs is 3. The molecule has 10 heteroatoms. The lowest BCUT2D eigenvalue weighted by Crippen LogP contribution is -2.28. The summed E-state index contributed by atoms with van der Waals surface area (Å²) < 4.78 is 9.90. The summed E-state index contributed by atoms with van der Waals surface area (Å²) in [6.07, 6.45) is 0.923. The van der Waals surface area contributed by atoms with Gasteiger partial charge in [-0.2, -0.15) is 0 Å². The van der Waals surface area contributed by atoms with Gasteiger partial charge in [-0.25, -0.2) is 0 Å². The number of aliphatic hydroxyl groups is 3. The van der Waals surface area contributed by atoms with Crippen molar-refractivity contribution in [2.75, 3.05) is 20.3 Å². The van der Waals surface area contributed by atoms with Crippen molar-refractivity contribution in [3.63, 3.8) is 0 Å². The Kier molecular flexibility index (Phi) is 7.41. The molecular formula is C26H28O10. The van der Waals surface area contributed by atoms with Crippen LogP contribution < -0.4 is 4.74 Å². The number of aliphatic hydroxyl groups excluding tert-OH is 3. The highest BCUT2D eigenvalue weighted by molar-refractivity contribution is 6.31. The molecule has 1 saturated heterocycles. The number of aromatic hydroxyl groups is 2.